The summed E-state index contributed by atoms with van der Waals surface area (Å²) < 4.78 is 40.3. The van der Waals surface area contributed by atoms with Gasteiger partial charge in [-0.3, -0.25) is 14.7 Å². The number of halogens is 3. The van der Waals surface area contributed by atoms with Gasteiger partial charge in [-0.15, -0.1) is 0 Å². The summed E-state index contributed by atoms with van der Waals surface area (Å²) in [7, 11) is 3.36. The molecule has 2 aromatic rings. The molecule has 1 unspecified atom stereocenters. The lowest BCUT2D eigenvalue weighted by atomic mass is 9.70. The Morgan fingerprint density at radius 1 is 1.24 bits per heavy atom. The minimum absolute atomic E-state index is 0.0638. The van der Waals surface area contributed by atoms with E-state index >= 15 is 0 Å². The molecule has 8 nitrogen and oxygen atoms in total. The molecule has 2 aliphatic heterocycles. The molecular formula is C23H25F3N6O2. The largest absolute Gasteiger partial charge is 0.417 e. The molecule has 1 aromatic heterocycles. The maximum Gasteiger partial charge on any atom is 0.417 e. The first-order chi connectivity index (χ1) is 16.1. The quantitative estimate of drug-likeness (QED) is 0.738. The van der Waals surface area contributed by atoms with Crippen molar-refractivity contribution in [1.29, 1.82) is 5.26 Å². The predicted molar refractivity (Wildman–Crippen MR) is 117 cm³/mol. The van der Waals surface area contributed by atoms with Crippen LogP contribution in [-0.2, 0) is 11.0 Å². The van der Waals surface area contributed by atoms with Gasteiger partial charge in [-0.25, -0.2) is 0 Å². The first kappa shape index (κ1) is 23.6. The Morgan fingerprint density at radius 2 is 1.94 bits per heavy atom. The number of hydrogen-bond acceptors (Lipinski definition) is 5. The number of hydrogen-bond donors (Lipinski definition) is 1. The van der Waals surface area contributed by atoms with E-state index < -0.39 is 28.6 Å². The van der Waals surface area contributed by atoms with E-state index in [0.717, 1.165) is 6.07 Å². The smallest absolute Gasteiger partial charge is 0.371 e. The number of aromatic amines is 1. The molecule has 1 aromatic carbocycles. The molecule has 1 atom stereocenters. The Bertz CT molecular complexity index is 1110. The summed E-state index contributed by atoms with van der Waals surface area (Å²) in [5.41, 5.74) is -1.09. The number of rotatable bonds is 3. The van der Waals surface area contributed by atoms with E-state index in [1.807, 2.05) is 4.90 Å². The highest BCUT2D eigenvalue weighted by Crippen LogP contribution is 2.46. The number of anilines is 1. The third-order valence-electron chi connectivity index (χ3n) is 6.96. The van der Waals surface area contributed by atoms with Crippen molar-refractivity contribution in [3.05, 3.63) is 47.3 Å². The van der Waals surface area contributed by atoms with Gasteiger partial charge in [0.25, 0.3) is 5.91 Å². The molecule has 2 amide bonds. The second kappa shape index (κ2) is 8.66. The number of benzene rings is 1. The molecule has 0 radical (unpaired) electrons. The third-order valence-corrected chi connectivity index (χ3v) is 6.96. The van der Waals surface area contributed by atoms with Crippen molar-refractivity contribution in [1.82, 2.24) is 20.0 Å². The van der Waals surface area contributed by atoms with Crippen LogP contribution in [0.1, 0.15) is 34.5 Å². The second-order valence-corrected chi connectivity index (χ2v) is 9.13. The van der Waals surface area contributed by atoms with Gasteiger partial charge in [-0.1, -0.05) is 0 Å². The number of nitriles is 1. The minimum atomic E-state index is -4.62. The highest BCUT2D eigenvalue weighted by Gasteiger charge is 2.53. The highest BCUT2D eigenvalue weighted by molar-refractivity contribution is 5.93. The summed E-state index contributed by atoms with van der Waals surface area (Å²) in [6.45, 7) is 1.55. The Morgan fingerprint density at radius 3 is 2.50 bits per heavy atom. The third kappa shape index (κ3) is 4.20. The average Bonchev–Trinajstić information content (AvgIpc) is 3.46. The van der Waals surface area contributed by atoms with Crippen LogP contribution in [0.25, 0.3) is 0 Å². The van der Waals surface area contributed by atoms with Crippen molar-refractivity contribution in [3.8, 4) is 6.07 Å². The summed E-state index contributed by atoms with van der Waals surface area (Å²) in [6.07, 6.45) is -2.04. The van der Waals surface area contributed by atoms with Gasteiger partial charge in [0.2, 0.25) is 5.91 Å². The van der Waals surface area contributed by atoms with Gasteiger partial charge >= 0.3 is 6.18 Å². The van der Waals surface area contributed by atoms with Crippen LogP contribution in [0.2, 0.25) is 0 Å². The zero-order valence-electron chi connectivity index (χ0n) is 18.9. The van der Waals surface area contributed by atoms with Gasteiger partial charge in [0.1, 0.15) is 5.69 Å². The van der Waals surface area contributed by atoms with E-state index in [-0.39, 0.29) is 18.4 Å². The standard InChI is InChI=1S/C23H25F3N6O2/c1-30(2)20(33)18-13-32(21(34)19-5-8-28-29-19)14-22(18)6-9-31(10-7-22)16-4-3-15(12-27)17(11-16)23(24,25)26/h3-5,8,11,18H,6-7,9-10,13-14H2,1-2H3,(H,28,29). The molecule has 0 aliphatic carbocycles. The van der Waals surface area contributed by atoms with Crippen LogP contribution < -0.4 is 4.90 Å². The van der Waals surface area contributed by atoms with E-state index in [9.17, 15) is 22.8 Å². The van der Waals surface area contributed by atoms with E-state index in [2.05, 4.69) is 10.2 Å². The Kier molecular flexibility index (Phi) is 6.02. The number of likely N-dealkylation sites (tertiary alicyclic amines) is 1. The van der Waals surface area contributed by atoms with Gasteiger partial charge in [0.05, 0.1) is 23.1 Å². The Balaban J connectivity index is 1.57. The molecule has 0 saturated carbocycles. The van der Waals surface area contributed by atoms with Gasteiger partial charge in [-0.2, -0.15) is 23.5 Å². The fraction of sp³-hybridized carbons (Fsp3) is 0.478. The molecule has 180 valence electrons. The van der Waals surface area contributed by atoms with Gasteiger partial charge < -0.3 is 14.7 Å². The van der Waals surface area contributed by atoms with Crippen molar-refractivity contribution in [2.75, 3.05) is 45.2 Å². The first-order valence-corrected chi connectivity index (χ1v) is 10.9. The number of nitrogens with zero attached hydrogens (tertiary/aromatic N) is 5. The Hall–Kier alpha value is -3.55. The summed E-state index contributed by atoms with van der Waals surface area (Å²) in [5, 5.41) is 15.5. The fourth-order valence-corrected chi connectivity index (χ4v) is 5.10. The number of carbonyl (C=O) groups is 2. The van der Waals surface area contributed by atoms with Crippen LogP contribution in [0.4, 0.5) is 18.9 Å². The molecule has 2 saturated heterocycles. The van der Waals surface area contributed by atoms with Gasteiger partial charge in [0, 0.05) is 57.6 Å². The molecule has 1 spiro atoms. The second-order valence-electron chi connectivity index (χ2n) is 9.13. The summed E-state index contributed by atoms with van der Waals surface area (Å²) in [5.74, 6) is -0.690. The fourth-order valence-electron chi connectivity index (χ4n) is 5.10. The maximum atomic E-state index is 13.4. The van der Waals surface area contributed by atoms with Crippen molar-refractivity contribution < 1.29 is 22.8 Å². The monoisotopic (exact) mass is 474 g/mol. The molecule has 11 heteroatoms. The zero-order valence-corrected chi connectivity index (χ0v) is 18.9. The number of carbonyl (C=O) groups excluding carboxylic acids is 2. The summed E-state index contributed by atoms with van der Waals surface area (Å²) in [6, 6.07) is 6.92. The number of H-pyrrole nitrogens is 1. The number of aromatic nitrogens is 2. The average molecular weight is 474 g/mol. The van der Waals surface area contributed by atoms with Gasteiger partial charge in [-0.05, 0) is 37.1 Å². The van der Waals surface area contributed by atoms with E-state index in [4.69, 9.17) is 5.26 Å². The molecular weight excluding hydrogens is 449 g/mol. The van der Waals surface area contributed by atoms with Crippen LogP contribution in [0.5, 0.6) is 0 Å². The van der Waals surface area contributed by atoms with E-state index in [1.54, 1.807) is 31.1 Å². The van der Waals surface area contributed by atoms with Crippen molar-refractivity contribution in [3.63, 3.8) is 0 Å². The normalized spacial score (nSPS) is 19.8. The first-order valence-electron chi connectivity index (χ1n) is 10.9. The maximum absolute atomic E-state index is 13.4. The SMILES string of the molecule is CN(C)C(=O)C1CN(C(=O)c2ccn[nH]2)CC12CCN(c1ccc(C#N)c(C(F)(F)F)c1)CC2. The molecule has 2 fully saturated rings. The molecule has 3 heterocycles. The number of alkyl halides is 3. The zero-order chi connectivity index (χ0) is 24.7. The molecule has 4 rings (SSSR count). The van der Waals surface area contributed by atoms with E-state index in [0.29, 0.717) is 43.9 Å². The predicted octanol–water partition coefficient (Wildman–Crippen LogP) is 2.75. The number of amides is 2. The molecule has 2 aliphatic rings. The van der Waals surface area contributed by atoms with Crippen molar-refractivity contribution >= 4 is 17.5 Å². The van der Waals surface area contributed by atoms with Crippen LogP contribution in [0.3, 0.4) is 0 Å². The summed E-state index contributed by atoms with van der Waals surface area (Å²) in [4.78, 5) is 31.0. The molecule has 0 bridgehead atoms. The van der Waals surface area contributed by atoms with Crippen LogP contribution in [0.15, 0.2) is 30.5 Å². The number of nitrogens with one attached hydrogen (secondary N) is 1. The lowest BCUT2D eigenvalue weighted by molar-refractivity contribution is -0.138. The highest BCUT2D eigenvalue weighted by atomic mass is 19.4. The topological polar surface area (TPSA) is 96.3 Å². The van der Waals surface area contributed by atoms with E-state index in [1.165, 1.54) is 23.2 Å². The lowest BCUT2D eigenvalue weighted by Gasteiger charge is -2.43. The van der Waals surface area contributed by atoms with Crippen LogP contribution in [-0.4, -0.2) is 72.1 Å². The Labute approximate surface area is 194 Å². The summed E-state index contributed by atoms with van der Waals surface area (Å²) >= 11 is 0. The van der Waals surface area contributed by atoms with Crippen molar-refractivity contribution in [2.24, 2.45) is 11.3 Å². The van der Waals surface area contributed by atoms with Crippen LogP contribution in [0, 0.1) is 22.7 Å². The van der Waals surface area contributed by atoms with Crippen LogP contribution >= 0.6 is 0 Å². The minimum Gasteiger partial charge on any atom is -0.371 e. The molecule has 1 N–H and O–H groups in total. The van der Waals surface area contributed by atoms with Gasteiger partial charge in [0.15, 0.2) is 0 Å². The molecule has 34 heavy (non-hydrogen) atoms. The number of piperidine rings is 1. The van der Waals surface area contributed by atoms with Crippen molar-refractivity contribution in [2.45, 2.75) is 19.0 Å². The lowest BCUT2D eigenvalue weighted by Crippen LogP contribution is -2.48.